The number of ether oxygens (including phenoxy) is 1. The molecule has 1 rings (SSSR count). The molecule has 0 radical (unpaired) electrons. The van der Waals surface area contributed by atoms with Gasteiger partial charge in [0.15, 0.2) is 0 Å². The molecule has 0 fully saturated rings. The molecule has 7 nitrogen and oxygen atoms in total. The smallest absolute Gasteiger partial charge is 0.357 e. The number of carbonyl (C=O) groups excluding carboxylic acids is 2. The number of halogens is 1. The number of carbonyl (C=O) groups is 4. The van der Waals surface area contributed by atoms with Gasteiger partial charge in [0.2, 0.25) is 0 Å². The number of aliphatic carboxylic acids is 2. The highest BCUT2D eigenvalue weighted by atomic mass is 35.5. The van der Waals surface area contributed by atoms with Crippen LogP contribution >= 0.6 is 11.6 Å². The molecule has 0 atom stereocenters. The molecule has 18 heavy (non-hydrogen) atoms. The molecule has 1 heterocycles. The van der Waals surface area contributed by atoms with Crippen molar-refractivity contribution in [1.82, 2.24) is 0 Å². The fraction of sp³-hybridized carbons (Fsp3) is 0.200. The van der Waals surface area contributed by atoms with Gasteiger partial charge in [0.05, 0.1) is 0 Å². The lowest BCUT2D eigenvalue weighted by Gasteiger charge is -1.95. The second-order valence-corrected chi connectivity index (χ2v) is 3.47. The third-order valence-corrected chi connectivity index (χ3v) is 2.10. The first-order valence-electron chi connectivity index (χ1n) is 4.44. The molecule has 0 aromatic carbocycles. The third kappa shape index (κ3) is 4.79. The van der Waals surface area contributed by atoms with E-state index < -0.39 is 23.9 Å². The average Bonchev–Trinajstić information content (AvgIpc) is 2.54. The largest absolute Gasteiger partial charge is 0.478 e. The zero-order chi connectivity index (χ0) is 14.5. The Morgan fingerprint density at radius 1 is 1.11 bits per heavy atom. The summed E-state index contributed by atoms with van der Waals surface area (Å²) in [5.41, 5.74) is -0.264. The van der Waals surface area contributed by atoms with Gasteiger partial charge >= 0.3 is 23.9 Å². The normalized spacial score (nSPS) is 14.9. The molecule has 98 valence electrons. The minimum absolute atomic E-state index is 0.132. The summed E-state index contributed by atoms with van der Waals surface area (Å²) in [6.45, 7) is 2.51. The lowest BCUT2D eigenvalue weighted by Crippen LogP contribution is -2.06. The van der Waals surface area contributed by atoms with Crippen molar-refractivity contribution in [1.29, 1.82) is 0 Å². The molecule has 0 bridgehead atoms. The van der Waals surface area contributed by atoms with E-state index in [9.17, 15) is 19.2 Å². The van der Waals surface area contributed by atoms with Crippen LogP contribution in [0.5, 0.6) is 0 Å². The Labute approximate surface area is 106 Å². The summed E-state index contributed by atoms with van der Waals surface area (Å²) < 4.78 is 3.97. The van der Waals surface area contributed by atoms with E-state index in [2.05, 4.69) is 4.74 Å². The van der Waals surface area contributed by atoms with Crippen LogP contribution < -0.4 is 0 Å². The van der Waals surface area contributed by atoms with Gasteiger partial charge in [-0.05, 0) is 13.8 Å². The highest BCUT2D eigenvalue weighted by Crippen LogP contribution is 2.10. The zero-order valence-electron chi connectivity index (χ0n) is 9.39. The molecule has 1 aliphatic rings. The molecule has 0 aliphatic carbocycles. The van der Waals surface area contributed by atoms with Crippen LogP contribution in [0.1, 0.15) is 13.8 Å². The van der Waals surface area contributed by atoms with E-state index in [1.165, 1.54) is 13.8 Å². The molecule has 0 spiro atoms. The first-order chi connectivity index (χ1) is 8.16. The lowest BCUT2D eigenvalue weighted by atomic mass is 10.1. The highest BCUT2D eigenvalue weighted by molar-refractivity contribution is 6.44. The van der Waals surface area contributed by atoms with E-state index >= 15 is 0 Å². The van der Waals surface area contributed by atoms with Gasteiger partial charge in [0.1, 0.15) is 5.03 Å². The summed E-state index contributed by atoms with van der Waals surface area (Å²) in [7, 11) is 0. The van der Waals surface area contributed by atoms with Crippen LogP contribution in [0.2, 0.25) is 0 Å². The van der Waals surface area contributed by atoms with Crippen molar-refractivity contribution in [2.24, 2.45) is 0 Å². The predicted molar refractivity (Wildman–Crippen MR) is 58.7 cm³/mol. The fourth-order valence-electron chi connectivity index (χ4n) is 0.653. The summed E-state index contributed by atoms with van der Waals surface area (Å²) in [4.78, 5) is 40.4. The molecular weight excluding hydrogens is 268 g/mol. The maximum atomic E-state index is 10.1. The molecular formula is C10H9ClO7. The van der Waals surface area contributed by atoms with Gasteiger partial charge in [-0.15, -0.1) is 0 Å². The van der Waals surface area contributed by atoms with E-state index in [1.54, 1.807) is 0 Å². The molecule has 1 aliphatic heterocycles. The molecule has 0 unspecified atom stereocenters. The van der Waals surface area contributed by atoms with Gasteiger partial charge in [-0.1, -0.05) is 11.6 Å². The number of rotatable bonds is 2. The Balaban J connectivity index is 0.000000327. The molecule has 0 aromatic heterocycles. The minimum Gasteiger partial charge on any atom is -0.478 e. The molecule has 8 heteroatoms. The van der Waals surface area contributed by atoms with Crippen LogP contribution in [-0.2, 0) is 23.9 Å². The number of esters is 2. The SMILES string of the molecule is C/C(C(=O)O)=C(/C)C(=O)O.O=C1C=C(Cl)C(=O)O1. The van der Waals surface area contributed by atoms with Crippen molar-refractivity contribution in [2.45, 2.75) is 13.8 Å². The van der Waals surface area contributed by atoms with Crippen molar-refractivity contribution < 1.29 is 34.1 Å². The Morgan fingerprint density at radius 2 is 1.50 bits per heavy atom. The van der Waals surface area contributed by atoms with Crippen LogP contribution in [0.4, 0.5) is 0 Å². The Morgan fingerprint density at radius 3 is 1.61 bits per heavy atom. The van der Waals surface area contributed by atoms with Gasteiger partial charge < -0.3 is 14.9 Å². The van der Waals surface area contributed by atoms with E-state index in [0.717, 1.165) is 6.08 Å². The van der Waals surface area contributed by atoms with Crippen molar-refractivity contribution >= 4 is 35.5 Å². The fourth-order valence-corrected chi connectivity index (χ4v) is 0.780. The molecule has 0 aromatic rings. The number of hydrogen-bond donors (Lipinski definition) is 2. The van der Waals surface area contributed by atoms with Crippen LogP contribution in [0, 0.1) is 0 Å². The average molecular weight is 277 g/mol. The van der Waals surface area contributed by atoms with Crippen LogP contribution in [0.3, 0.4) is 0 Å². The number of hydrogen-bond acceptors (Lipinski definition) is 5. The van der Waals surface area contributed by atoms with Gasteiger partial charge in [-0.25, -0.2) is 19.2 Å². The Kier molecular flexibility index (Phi) is 5.77. The predicted octanol–water partition coefficient (Wildman–Crippen LogP) is 0.684. The van der Waals surface area contributed by atoms with Crippen LogP contribution in [-0.4, -0.2) is 34.1 Å². The van der Waals surface area contributed by atoms with Gasteiger partial charge in [0.25, 0.3) is 0 Å². The summed E-state index contributed by atoms with van der Waals surface area (Å²) in [6, 6.07) is 0. The van der Waals surface area contributed by atoms with E-state index in [0.29, 0.717) is 0 Å². The molecule has 0 saturated heterocycles. The first kappa shape index (κ1) is 15.9. The molecule has 0 amide bonds. The Hall–Kier alpha value is -2.15. The Bertz CT molecular complexity index is 451. The van der Waals surface area contributed by atoms with Crippen molar-refractivity contribution in [3.05, 3.63) is 22.3 Å². The topological polar surface area (TPSA) is 118 Å². The second-order valence-electron chi connectivity index (χ2n) is 3.06. The number of carboxylic acid groups (broad SMARTS) is 2. The molecule has 0 saturated carbocycles. The maximum Gasteiger partial charge on any atom is 0.357 e. The standard InChI is InChI=1S/C6H8O4.C4HClO3/c1-3(5(7)8)4(2)6(9)10;5-2-1-3(6)8-4(2)7/h1-2H3,(H,7,8)(H,9,10);1H/b4-3+;. The maximum absolute atomic E-state index is 10.1. The van der Waals surface area contributed by atoms with Crippen molar-refractivity contribution in [3.63, 3.8) is 0 Å². The quantitative estimate of drug-likeness (QED) is 0.432. The van der Waals surface area contributed by atoms with E-state index in [4.69, 9.17) is 21.8 Å². The minimum atomic E-state index is -1.19. The van der Waals surface area contributed by atoms with Gasteiger partial charge in [-0.3, -0.25) is 0 Å². The monoisotopic (exact) mass is 276 g/mol. The highest BCUT2D eigenvalue weighted by Gasteiger charge is 2.20. The second kappa shape index (κ2) is 6.55. The van der Waals surface area contributed by atoms with Crippen LogP contribution in [0.15, 0.2) is 22.3 Å². The lowest BCUT2D eigenvalue weighted by molar-refractivity contribution is -0.150. The summed E-state index contributed by atoms with van der Waals surface area (Å²) in [6.07, 6.45) is 0.934. The summed E-state index contributed by atoms with van der Waals surface area (Å²) in [5.74, 6) is -3.85. The van der Waals surface area contributed by atoms with Crippen LogP contribution in [0.25, 0.3) is 0 Å². The van der Waals surface area contributed by atoms with Crippen molar-refractivity contribution in [2.75, 3.05) is 0 Å². The summed E-state index contributed by atoms with van der Waals surface area (Å²) in [5, 5.41) is 16.4. The van der Waals surface area contributed by atoms with Gasteiger partial charge in [0, 0.05) is 17.2 Å². The first-order valence-corrected chi connectivity index (χ1v) is 4.82. The van der Waals surface area contributed by atoms with E-state index in [1.807, 2.05) is 0 Å². The van der Waals surface area contributed by atoms with Crippen molar-refractivity contribution in [3.8, 4) is 0 Å². The van der Waals surface area contributed by atoms with E-state index in [-0.39, 0.29) is 16.2 Å². The zero-order valence-corrected chi connectivity index (χ0v) is 10.1. The number of cyclic esters (lactones) is 2. The number of carboxylic acids is 2. The summed E-state index contributed by atoms with van der Waals surface area (Å²) >= 11 is 5.12. The van der Waals surface area contributed by atoms with Gasteiger partial charge in [-0.2, -0.15) is 0 Å². The molecule has 2 N–H and O–H groups in total. The third-order valence-electron chi connectivity index (χ3n) is 1.84.